The van der Waals surface area contributed by atoms with Gasteiger partial charge in [-0.05, 0) is 12.8 Å². The summed E-state index contributed by atoms with van der Waals surface area (Å²) in [6, 6.07) is 0. The van der Waals surface area contributed by atoms with Gasteiger partial charge in [-0.3, -0.25) is 9.59 Å². The average Bonchev–Trinajstić information content (AvgIpc) is 2.30. The highest BCUT2D eigenvalue weighted by Crippen LogP contribution is 1.99. The lowest BCUT2D eigenvalue weighted by molar-refractivity contribution is -0.156. The molecule has 0 fully saturated rings. The van der Waals surface area contributed by atoms with Gasteiger partial charge in [0.25, 0.3) is 0 Å². The first-order valence-corrected chi connectivity index (χ1v) is 5.87. The normalized spacial score (nSPS) is 9.88. The molecule has 0 saturated carbocycles. The molecule has 92 valence electrons. The molecule has 0 aromatic heterocycles. The van der Waals surface area contributed by atoms with Crippen LogP contribution in [0.4, 0.5) is 0 Å². The Morgan fingerprint density at radius 2 is 1.56 bits per heavy atom. The van der Waals surface area contributed by atoms with Gasteiger partial charge in [0.05, 0.1) is 6.61 Å². The van der Waals surface area contributed by atoms with E-state index in [1.165, 1.54) is 0 Å². The number of ether oxygens (including phenoxy) is 1. The van der Waals surface area contributed by atoms with E-state index in [0.717, 1.165) is 25.7 Å². The summed E-state index contributed by atoms with van der Waals surface area (Å²) in [4.78, 5) is 33.5. The topological polar surface area (TPSA) is 60.4 Å². The first kappa shape index (κ1) is 14.8. The molecule has 0 bridgehead atoms. The van der Waals surface area contributed by atoms with Crippen LogP contribution in [-0.2, 0) is 19.1 Å². The van der Waals surface area contributed by atoms with Crippen molar-refractivity contribution in [3.05, 3.63) is 0 Å². The van der Waals surface area contributed by atoms with Crippen molar-refractivity contribution in [2.75, 3.05) is 6.61 Å². The van der Waals surface area contributed by atoms with E-state index in [2.05, 4.69) is 0 Å². The number of rotatable bonds is 9. The van der Waals surface area contributed by atoms with Gasteiger partial charge in [0, 0.05) is 6.42 Å². The van der Waals surface area contributed by atoms with Gasteiger partial charge in [-0.25, -0.2) is 4.79 Å². The number of hydrogen-bond acceptors (Lipinski definition) is 4. The summed E-state index contributed by atoms with van der Waals surface area (Å²) in [5.41, 5.74) is 0. The minimum absolute atomic E-state index is 0.138. The highest BCUT2D eigenvalue weighted by atomic mass is 16.5. The lowest BCUT2D eigenvalue weighted by Gasteiger charge is -2.02. The number of carbonyl (C=O) groups is 3. The van der Waals surface area contributed by atoms with E-state index in [0.29, 0.717) is 6.42 Å². The monoisotopic (exact) mass is 228 g/mol. The van der Waals surface area contributed by atoms with Gasteiger partial charge in [0.1, 0.15) is 0 Å². The smallest absolute Gasteiger partial charge is 0.382 e. The van der Waals surface area contributed by atoms with E-state index in [9.17, 15) is 14.4 Å². The Morgan fingerprint density at radius 1 is 0.938 bits per heavy atom. The Labute approximate surface area is 96.4 Å². The lowest BCUT2D eigenvalue weighted by atomic mass is 10.1. The van der Waals surface area contributed by atoms with Crippen LogP contribution in [-0.4, -0.2) is 24.1 Å². The summed E-state index contributed by atoms with van der Waals surface area (Å²) >= 11 is 0. The standard InChI is InChI=1S/C12H20O4/c1-3-5-7-9-16-12(15)11(14)10(13)8-6-4-2/h3-9H2,1-2H3. The largest absolute Gasteiger partial charge is 0.460 e. The van der Waals surface area contributed by atoms with Crippen molar-refractivity contribution in [1.82, 2.24) is 0 Å². The van der Waals surface area contributed by atoms with Crippen LogP contribution in [0, 0.1) is 0 Å². The Bertz CT molecular complexity index is 245. The quantitative estimate of drug-likeness (QED) is 0.262. The molecule has 0 atom stereocenters. The molecule has 0 spiro atoms. The fraction of sp³-hybridized carbons (Fsp3) is 0.750. The Hall–Kier alpha value is -1.19. The van der Waals surface area contributed by atoms with E-state index in [1.807, 2.05) is 13.8 Å². The summed E-state index contributed by atoms with van der Waals surface area (Å²) in [5.74, 6) is -2.65. The molecule has 4 heteroatoms. The van der Waals surface area contributed by atoms with Crippen LogP contribution in [0.5, 0.6) is 0 Å². The Balaban J connectivity index is 3.80. The Kier molecular flexibility index (Phi) is 8.39. The maximum Gasteiger partial charge on any atom is 0.382 e. The summed E-state index contributed by atoms with van der Waals surface area (Å²) < 4.78 is 4.70. The zero-order valence-electron chi connectivity index (χ0n) is 10.1. The second kappa shape index (κ2) is 9.07. The van der Waals surface area contributed by atoms with Crippen LogP contribution >= 0.6 is 0 Å². The number of unbranched alkanes of at least 4 members (excludes halogenated alkanes) is 3. The maximum absolute atomic E-state index is 11.2. The number of carbonyl (C=O) groups excluding carboxylic acids is 3. The van der Waals surface area contributed by atoms with Crippen LogP contribution in [0.3, 0.4) is 0 Å². The molecule has 0 heterocycles. The number of ketones is 2. The van der Waals surface area contributed by atoms with Crippen molar-refractivity contribution < 1.29 is 19.1 Å². The molecule has 0 radical (unpaired) electrons. The minimum Gasteiger partial charge on any atom is -0.460 e. The van der Waals surface area contributed by atoms with Gasteiger partial charge in [-0.1, -0.05) is 33.1 Å². The SMILES string of the molecule is CCCCCOC(=O)C(=O)C(=O)CCCC. The highest BCUT2D eigenvalue weighted by molar-refractivity contribution is 6.62. The molecular weight excluding hydrogens is 208 g/mol. The highest BCUT2D eigenvalue weighted by Gasteiger charge is 2.23. The van der Waals surface area contributed by atoms with E-state index < -0.39 is 17.5 Å². The predicted octanol–water partition coefficient (Wildman–Crippen LogP) is 2.05. The summed E-state index contributed by atoms with van der Waals surface area (Å²) in [5, 5.41) is 0. The third-order valence-corrected chi connectivity index (χ3v) is 2.18. The molecule has 0 aliphatic carbocycles. The van der Waals surface area contributed by atoms with Gasteiger partial charge >= 0.3 is 11.8 Å². The van der Waals surface area contributed by atoms with Crippen molar-refractivity contribution in [1.29, 1.82) is 0 Å². The van der Waals surface area contributed by atoms with E-state index in [1.54, 1.807) is 0 Å². The summed E-state index contributed by atoms with van der Waals surface area (Å²) in [6.45, 7) is 4.17. The molecule has 4 nitrogen and oxygen atoms in total. The van der Waals surface area contributed by atoms with E-state index in [-0.39, 0.29) is 13.0 Å². The molecule has 16 heavy (non-hydrogen) atoms. The van der Waals surface area contributed by atoms with Gasteiger partial charge in [0.2, 0.25) is 5.78 Å². The van der Waals surface area contributed by atoms with Crippen LogP contribution in [0.15, 0.2) is 0 Å². The van der Waals surface area contributed by atoms with Gasteiger partial charge in [-0.2, -0.15) is 0 Å². The molecule has 0 aromatic carbocycles. The van der Waals surface area contributed by atoms with E-state index >= 15 is 0 Å². The maximum atomic E-state index is 11.2. The summed E-state index contributed by atoms with van der Waals surface area (Å²) in [6.07, 6.45) is 4.29. The molecule has 0 saturated heterocycles. The second-order valence-corrected chi connectivity index (χ2v) is 3.70. The van der Waals surface area contributed by atoms with Crippen molar-refractivity contribution in [2.24, 2.45) is 0 Å². The Morgan fingerprint density at radius 3 is 2.12 bits per heavy atom. The molecule has 0 aromatic rings. The molecule has 0 amide bonds. The summed E-state index contributed by atoms with van der Waals surface area (Å²) in [7, 11) is 0. The van der Waals surface area contributed by atoms with Crippen LogP contribution < -0.4 is 0 Å². The molecule has 0 unspecified atom stereocenters. The molecule has 0 aliphatic heterocycles. The van der Waals surface area contributed by atoms with Crippen molar-refractivity contribution in [3.63, 3.8) is 0 Å². The van der Waals surface area contributed by atoms with Crippen LogP contribution in [0.25, 0.3) is 0 Å². The second-order valence-electron chi connectivity index (χ2n) is 3.70. The van der Waals surface area contributed by atoms with E-state index in [4.69, 9.17) is 4.74 Å². The molecule has 0 N–H and O–H groups in total. The van der Waals surface area contributed by atoms with Gasteiger partial charge in [0.15, 0.2) is 0 Å². The number of esters is 1. The fourth-order valence-corrected chi connectivity index (χ4v) is 1.15. The average molecular weight is 228 g/mol. The van der Waals surface area contributed by atoms with Crippen LogP contribution in [0.1, 0.15) is 52.4 Å². The zero-order valence-corrected chi connectivity index (χ0v) is 10.1. The number of Topliss-reactive ketones (excluding diaryl/α,β-unsaturated/α-hetero) is 2. The first-order chi connectivity index (χ1) is 7.63. The molecule has 0 rings (SSSR count). The molecular formula is C12H20O4. The first-order valence-electron chi connectivity index (χ1n) is 5.87. The third-order valence-electron chi connectivity index (χ3n) is 2.18. The fourth-order valence-electron chi connectivity index (χ4n) is 1.15. The number of hydrogen-bond donors (Lipinski definition) is 0. The zero-order chi connectivity index (χ0) is 12.4. The predicted molar refractivity (Wildman–Crippen MR) is 60.0 cm³/mol. The minimum atomic E-state index is -1.01. The van der Waals surface area contributed by atoms with Crippen molar-refractivity contribution in [2.45, 2.75) is 52.4 Å². The third kappa shape index (κ3) is 6.32. The lowest BCUT2D eigenvalue weighted by Crippen LogP contribution is -2.26. The molecule has 0 aliphatic rings. The van der Waals surface area contributed by atoms with Gasteiger partial charge in [-0.15, -0.1) is 0 Å². The van der Waals surface area contributed by atoms with Crippen molar-refractivity contribution >= 4 is 17.5 Å². The van der Waals surface area contributed by atoms with Crippen molar-refractivity contribution in [3.8, 4) is 0 Å². The van der Waals surface area contributed by atoms with Crippen LogP contribution in [0.2, 0.25) is 0 Å². The van der Waals surface area contributed by atoms with Gasteiger partial charge < -0.3 is 4.74 Å².